The molecule has 3 heteroatoms. The molecule has 1 aromatic carbocycles. The molecule has 1 aromatic rings. The number of benzene rings is 1. The lowest BCUT2D eigenvalue weighted by Crippen LogP contribution is -2.14. The number of methoxy groups -OCH3 is 1. The SMILES string of the molecule is COc1ccc(C2CCC(C=O)CC2)cc1Br. The van der Waals surface area contributed by atoms with E-state index in [2.05, 4.69) is 28.1 Å². The molecule has 0 radical (unpaired) electrons. The van der Waals surface area contributed by atoms with Crippen LogP contribution in [0.4, 0.5) is 0 Å². The van der Waals surface area contributed by atoms with E-state index < -0.39 is 0 Å². The summed E-state index contributed by atoms with van der Waals surface area (Å²) in [5.74, 6) is 1.75. The third-order valence-corrected chi connectivity index (χ3v) is 4.23. The van der Waals surface area contributed by atoms with Crippen LogP contribution in [0.3, 0.4) is 0 Å². The third-order valence-electron chi connectivity index (χ3n) is 3.61. The normalized spacial score (nSPS) is 24.4. The quantitative estimate of drug-likeness (QED) is 0.790. The molecule has 92 valence electrons. The second kappa shape index (κ2) is 5.67. The van der Waals surface area contributed by atoms with Crippen LogP contribution in [-0.4, -0.2) is 13.4 Å². The second-order valence-corrected chi connectivity index (χ2v) is 5.50. The Hall–Kier alpha value is -0.830. The lowest BCUT2D eigenvalue weighted by atomic mass is 9.79. The van der Waals surface area contributed by atoms with Crippen LogP contribution < -0.4 is 4.74 Å². The molecule has 0 amide bonds. The molecule has 0 atom stereocenters. The molecule has 0 saturated heterocycles. The van der Waals surface area contributed by atoms with Gasteiger partial charge >= 0.3 is 0 Å². The number of carbonyl (C=O) groups is 1. The molecule has 17 heavy (non-hydrogen) atoms. The van der Waals surface area contributed by atoms with Gasteiger partial charge in [-0.05, 0) is 65.2 Å². The van der Waals surface area contributed by atoms with E-state index in [0.29, 0.717) is 5.92 Å². The highest BCUT2D eigenvalue weighted by Crippen LogP contribution is 2.37. The van der Waals surface area contributed by atoms with Gasteiger partial charge in [0.1, 0.15) is 12.0 Å². The Morgan fingerprint density at radius 3 is 2.53 bits per heavy atom. The zero-order chi connectivity index (χ0) is 12.3. The third kappa shape index (κ3) is 2.89. The summed E-state index contributed by atoms with van der Waals surface area (Å²) >= 11 is 3.52. The van der Waals surface area contributed by atoms with E-state index in [1.165, 1.54) is 5.56 Å². The molecule has 1 saturated carbocycles. The minimum absolute atomic E-state index is 0.285. The maximum Gasteiger partial charge on any atom is 0.133 e. The number of aldehydes is 1. The summed E-state index contributed by atoms with van der Waals surface area (Å²) in [7, 11) is 1.68. The molecule has 0 heterocycles. The first-order chi connectivity index (χ1) is 8.24. The predicted octanol–water partition coefficient (Wildman–Crippen LogP) is 3.93. The number of carbonyl (C=O) groups excluding carboxylic acids is 1. The Morgan fingerprint density at radius 1 is 1.29 bits per heavy atom. The van der Waals surface area contributed by atoms with Crippen LogP contribution in [0.1, 0.15) is 37.2 Å². The number of hydrogen-bond acceptors (Lipinski definition) is 2. The van der Waals surface area contributed by atoms with E-state index >= 15 is 0 Å². The van der Waals surface area contributed by atoms with E-state index in [1.807, 2.05) is 6.07 Å². The highest BCUT2D eigenvalue weighted by atomic mass is 79.9. The summed E-state index contributed by atoms with van der Waals surface area (Å²) in [6.07, 6.45) is 5.39. The first-order valence-corrected chi connectivity index (χ1v) is 6.82. The van der Waals surface area contributed by atoms with Crippen molar-refractivity contribution in [2.24, 2.45) is 5.92 Å². The zero-order valence-electron chi connectivity index (χ0n) is 9.99. The predicted molar refractivity (Wildman–Crippen MR) is 71.5 cm³/mol. The van der Waals surface area contributed by atoms with Gasteiger partial charge in [0.25, 0.3) is 0 Å². The summed E-state index contributed by atoms with van der Waals surface area (Å²) in [6, 6.07) is 6.28. The number of halogens is 1. The summed E-state index contributed by atoms with van der Waals surface area (Å²) in [4.78, 5) is 10.7. The van der Waals surface area contributed by atoms with E-state index in [4.69, 9.17) is 4.74 Å². The molecule has 1 fully saturated rings. The Morgan fingerprint density at radius 2 is 2.00 bits per heavy atom. The van der Waals surface area contributed by atoms with Crippen LogP contribution in [-0.2, 0) is 4.79 Å². The fourth-order valence-corrected chi connectivity index (χ4v) is 3.08. The molecular formula is C14H17BrO2. The molecule has 1 aliphatic carbocycles. The Kier molecular flexibility index (Phi) is 4.21. The van der Waals surface area contributed by atoms with Crippen LogP contribution >= 0.6 is 15.9 Å². The average Bonchev–Trinajstić information content (AvgIpc) is 2.39. The van der Waals surface area contributed by atoms with Crippen molar-refractivity contribution in [2.45, 2.75) is 31.6 Å². The molecule has 2 nitrogen and oxygen atoms in total. The van der Waals surface area contributed by atoms with Crippen molar-refractivity contribution in [2.75, 3.05) is 7.11 Å². The second-order valence-electron chi connectivity index (χ2n) is 4.64. The van der Waals surface area contributed by atoms with Crippen LogP contribution in [0, 0.1) is 5.92 Å². The van der Waals surface area contributed by atoms with E-state index in [1.54, 1.807) is 7.11 Å². The van der Waals surface area contributed by atoms with Gasteiger partial charge in [-0.1, -0.05) is 6.07 Å². The average molecular weight is 297 g/mol. The minimum Gasteiger partial charge on any atom is -0.496 e. The number of rotatable bonds is 3. The molecule has 0 aromatic heterocycles. The van der Waals surface area contributed by atoms with Crippen LogP contribution in [0.15, 0.2) is 22.7 Å². The van der Waals surface area contributed by atoms with Crippen molar-refractivity contribution < 1.29 is 9.53 Å². The number of hydrogen-bond donors (Lipinski definition) is 0. The van der Waals surface area contributed by atoms with Gasteiger partial charge in [0.05, 0.1) is 11.6 Å². The van der Waals surface area contributed by atoms with Crippen molar-refractivity contribution >= 4 is 22.2 Å². The van der Waals surface area contributed by atoms with Crippen LogP contribution in [0.25, 0.3) is 0 Å². The van der Waals surface area contributed by atoms with Gasteiger partial charge in [-0.2, -0.15) is 0 Å². The van der Waals surface area contributed by atoms with Gasteiger partial charge in [0.15, 0.2) is 0 Å². The van der Waals surface area contributed by atoms with Crippen molar-refractivity contribution in [1.29, 1.82) is 0 Å². The van der Waals surface area contributed by atoms with Crippen molar-refractivity contribution in [3.05, 3.63) is 28.2 Å². The first kappa shape index (κ1) is 12.6. The number of ether oxygens (including phenoxy) is 1. The Labute approximate surface area is 110 Å². The molecule has 0 N–H and O–H groups in total. The fraction of sp³-hybridized carbons (Fsp3) is 0.500. The molecule has 0 spiro atoms. The summed E-state index contributed by atoms with van der Waals surface area (Å²) in [6.45, 7) is 0. The Balaban J connectivity index is 2.08. The largest absolute Gasteiger partial charge is 0.496 e. The topological polar surface area (TPSA) is 26.3 Å². The summed E-state index contributed by atoms with van der Waals surface area (Å²) in [5, 5.41) is 0. The molecule has 0 aliphatic heterocycles. The maximum absolute atomic E-state index is 10.7. The lowest BCUT2D eigenvalue weighted by molar-refractivity contribution is -0.111. The first-order valence-electron chi connectivity index (χ1n) is 6.03. The molecular weight excluding hydrogens is 280 g/mol. The van der Waals surface area contributed by atoms with Gasteiger partial charge in [-0.25, -0.2) is 0 Å². The van der Waals surface area contributed by atoms with Gasteiger partial charge in [-0.3, -0.25) is 0 Å². The monoisotopic (exact) mass is 296 g/mol. The molecule has 2 rings (SSSR count). The van der Waals surface area contributed by atoms with Gasteiger partial charge < -0.3 is 9.53 Å². The highest BCUT2D eigenvalue weighted by Gasteiger charge is 2.22. The summed E-state index contributed by atoms with van der Waals surface area (Å²) in [5.41, 5.74) is 1.35. The standard InChI is InChI=1S/C14H17BrO2/c1-17-14-7-6-12(8-13(14)15)11-4-2-10(9-16)3-5-11/h6-11H,2-5H2,1H3. The van der Waals surface area contributed by atoms with Crippen LogP contribution in [0.5, 0.6) is 5.75 Å². The smallest absolute Gasteiger partial charge is 0.133 e. The molecule has 0 unspecified atom stereocenters. The van der Waals surface area contributed by atoms with Gasteiger partial charge in [-0.15, -0.1) is 0 Å². The van der Waals surface area contributed by atoms with E-state index in [0.717, 1.165) is 42.2 Å². The molecule has 0 bridgehead atoms. The van der Waals surface area contributed by atoms with Gasteiger partial charge in [0, 0.05) is 5.92 Å². The van der Waals surface area contributed by atoms with Gasteiger partial charge in [0.2, 0.25) is 0 Å². The van der Waals surface area contributed by atoms with Crippen molar-refractivity contribution in [3.8, 4) is 5.75 Å². The van der Waals surface area contributed by atoms with Crippen LogP contribution in [0.2, 0.25) is 0 Å². The molecule has 1 aliphatic rings. The lowest BCUT2D eigenvalue weighted by Gasteiger charge is -2.26. The van der Waals surface area contributed by atoms with Crippen molar-refractivity contribution in [1.82, 2.24) is 0 Å². The highest BCUT2D eigenvalue weighted by molar-refractivity contribution is 9.10. The summed E-state index contributed by atoms with van der Waals surface area (Å²) < 4.78 is 6.24. The van der Waals surface area contributed by atoms with Crippen molar-refractivity contribution in [3.63, 3.8) is 0 Å². The van der Waals surface area contributed by atoms with E-state index in [-0.39, 0.29) is 5.92 Å². The Bertz CT molecular complexity index is 395. The maximum atomic E-state index is 10.7. The van der Waals surface area contributed by atoms with E-state index in [9.17, 15) is 4.79 Å². The fourth-order valence-electron chi connectivity index (χ4n) is 2.53. The minimum atomic E-state index is 0.285. The zero-order valence-corrected chi connectivity index (χ0v) is 11.6.